The number of rotatable bonds is 6. The van der Waals surface area contributed by atoms with Crippen LogP contribution >= 0.6 is 0 Å². The minimum atomic E-state index is 0.0653. The van der Waals surface area contributed by atoms with E-state index >= 15 is 0 Å². The Morgan fingerprint density at radius 3 is 2.85 bits per heavy atom. The molecule has 1 aromatic rings. The van der Waals surface area contributed by atoms with Crippen molar-refractivity contribution in [3.8, 4) is 0 Å². The smallest absolute Gasteiger partial charge is 0.317 e. The molecule has 3 heterocycles. The number of hydrogen-bond acceptors (Lipinski definition) is 3. The molecular formula is C20H35N5O. The SMILES string of the molecule is CC(C)CN(Cc1cnn(C)c1)C(=O)NC[C@@H]1CCCN2CCCC[C@H]12. The Bertz CT molecular complexity index is 583. The van der Waals surface area contributed by atoms with Crippen LogP contribution in [0.15, 0.2) is 12.4 Å². The van der Waals surface area contributed by atoms with Gasteiger partial charge in [-0.3, -0.25) is 4.68 Å². The highest BCUT2D eigenvalue weighted by atomic mass is 16.2. The molecule has 0 unspecified atom stereocenters. The second kappa shape index (κ2) is 8.89. The molecule has 3 rings (SSSR count). The molecule has 0 bridgehead atoms. The van der Waals surface area contributed by atoms with Crippen LogP contribution in [0.25, 0.3) is 0 Å². The number of nitrogens with one attached hydrogen (secondary N) is 1. The van der Waals surface area contributed by atoms with Crippen LogP contribution in [-0.2, 0) is 13.6 Å². The van der Waals surface area contributed by atoms with Gasteiger partial charge in [-0.2, -0.15) is 5.10 Å². The van der Waals surface area contributed by atoms with E-state index in [1.165, 1.54) is 45.2 Å². The van der Waals surface area contributed by atoms with Crippen LogP contribution in [0.1, 0.15) is 51.5 Å². The van der Waals surface area contributed by atoms with Gasteiger partial charge in [-0.25, -0.2) is 4.79 Å². The number of urea groups is 1. The summed E-state index contributed by atoms with van der Waals surface area (Å²) in [6.45, 7) is 9.00. The molecule has 2 atom stereocenters. The van der Waals surface area contributed by atoms with Crippen molar-refractivity contribution in [1.29, 1.82) is 0 Å². The van der Waals surface area contributed by atoms with E-state index < -0.39 is 0 Å². The minimum absolute atomic E-state index is 0.0653. The van der Waals surface area contributed by atoms with Gasteiger partial charge in [-0.1, -0.05) is 20.3 Å². The van der Waals surface area contributed by atoms with Crippen LogP contribution in [0.2, 0.25) is 0 Å². The number of amides is 2. The second-order valence-corrected chi connectivity index (χ2v) is 8.48. The summed E-state index contributed by atoms with van der Waals surface area (Å²) >= 11 is 0. The first-order chi connectivity index (χ1) is 12.5. The first-order valence-electron chi connectivity index (χ1n) is 10.3. The average Bonchev–Trinajstić information content (AvgIpc) is 3.03. The molecule has 6 heteroatoms. The zero-order chi connectivity index (χ0) is 18.5. The molecule has 2 amide bonds. The van der Waals surface area contributed by atoms with Crippen molar-refractivity contribution in [2.24, 2.45) is 18.9 Å². The summed E-state index contributed by atoms with van der Waals surface area (Å²) in [5.74, 6) is 1.05. The van der Waals surface area contributed by atoms with Crippen molar-refractivity contribution in [2.75, 3.05) is 26.2 Å². The molecular weight excluding hydrogens is 326 g/mol. The fourth-order valence-electron chi connectivity index (χ4n) is 4.58. The molecule has 2 saturated heterocycles. The topological polar surface area (TPSA) is 53.4 Å². The summed E-state index contributed by atoms with van der Waals surface area (Å²) in [5.41, 5.74) is 1.08. The summed E-state index contributed by atoms with van der Waals surface area (Å²) in [7, 11) is 1.91. The Hall–Kier alpha value is -1.56. The standard InChI is InChI=1S/C20H35N5O/c1-16(2)13-25(15-17-11-22-23(3)14-17)20(26)21-12-18-7-6-10-24-9-5-4-8-19(18)24/h11,14,16,18-19H,4-10,12-13,15H2,1-3H3,(H,21,26)/t18-,19+/m0/s1. The maximum absolute atomic E-state index is 12.9. The number of aromatic nitrogens is 2. The third kappa shape index (κ3) is 5.00. The molecule has 2 fully saturated rings. The largest absolute Gasteiger partial charge is 0.338 e. The lowest BCUT2D eigenvalue weighted by Gasteiger charge is -2.44. The monoisotopic (exact) mass is 361 g/mol. The van der Waals surface area contributed by atoms with Crippen molar-refractivity contribution < 1.29 is 4.79 Å². The van der Waals surface area contributed by atoms with E-state index in [0.717, 1.165) is 18.7 Å². The molecule has 0 spiro atoms. The summed E-state index contributed by atoms with van der Waals surface area (Å²) in [4.78, 5) is 17.5. The van der Waals surface area contributed by atoms with Crippen molar-refractivity contribution in [2.45, 2.75) is 58.5 Å². The Labute approximate surface area is 157 Å². The number of nitrogens with zero attached hydrogens (tertiary/aromatic N) is 4. The molecule has 1 N–H and O–H groups in total. The van der Waals surface area contributed by atoms with Crippen molar-refractivity contribution in [3.05, 3.63) is 18.0 Å². The number of piperidine rings is 2. The van der Waals surface area contributed by atoms with E-state index in [1.807, 2.05) is 24.3 Å². The van der Waals surface area contributed by atoms with Crippen molar-refractivity contribution in [1.82, 2.24) is 24.9 Å². The molecule has 0 aromatic carbocycles. The lowest BCUT2D eigenvalue weighted by molar-refractivity contribution is 0.0596. The van der Waals surface area contributed by atoms with Crippen molar-refractivity contribution >= 4 is 6.03 Å². The van der Waals surface area contributed by atoms with Gasteiger partial charge in [0.1, 0.15) is 0 Å². The number of carbonyl (C=O) groups excluding carboxylic acids is 1. The maximum Gasteiger partial charge on any atom is 0.317 e. The van der Waals surface area contributed by atoms with Crippen LogP contribution in [0, 0.1) is 11.8 Å². The third-order valence-electron chi connectivity index (χ3n) is 5.75. The van der Waals surface area contributed by atoms with Crippen LogP contribution in [-0.4, -0.2) is 57.8 Å². The van der Waals surface area contributed by atoms with Crippen molar-refractivity contribution in [3.63, 3.8) is 0 Å². The highest BCUT2D eigenvalue weighted by molar-refractivity contribution is 5.74. The zero-order valence-corrected chi connectivity index (χ0v) is 16.7. The van der Waals surface area contributed by atoms with Crippen LogP contribution in [0.3, 0.4) is 0 Å². The van der Waals surface area contributed by atoms with E-state index in [2.05, 4.69) is 29.2 Å². The van der Waals surface area contributed by atoms with Gasteiger partial charge in [0.2, 0.25) is 0 Å². The average molecular weight is 362 g/mol. The maximum atomic E-state index is 12.9. The molecule has 0 radical (unpaired) electrons. The quantitative estimate of drug-likeness (QED) is 0.848. The van der Waals surface area contributed by atoms with Gasteiger partial charge >= 0.3 is 6.03 Å². The lowest BCUT2D eigenvalue weighted by atomic mass is 9.83. The fourth-order valence-corrected chi connectivity index (χ4v) is 4.58. The number of hydrogen-bond donors (Lipinski definition) is 1. The van der Waals surface area contributed by atoms with Gasteiger partial charge in [0.25, 0.3) is 0 Å². The highest BCUT2D eigenvalue weighted by Gasteiger charge is 2.33. The molecule has 26 heavy (non-hydrogen) atoms. The van der Waals surface area contributed by atoms with Crippen LogP contribution in [0.4, 0.5) is 4.79 Å². The van der Waals surface area contributed by atoms with E-state index in [-0.39, 0.29) is 6.03 Å². The van der Waals surface area contributed by atoms with Gasteiger partial charge in [0.05, 0.1) is 12.7 Å². The van der Waals surface area contributed by atoms with Gasteiger partial charge in [0.15, 0.2) is 0 Å². The summed E-state index contributed by atoms with van der Waals surface area (Å²) in [6, 6.07) is 0.741. The predicted molar refractivity (Wildman–Crippen MR) is 104 cm³/mol. The molecule has 2 aliphatic heterocycles. The van der Waals surface area contributed by atoms with E-state index in [4.69, 9.17) is 0 Å². The van der Waals surface area contributed by atoms with Gasteiger partial charge < -0.3 is 15.1 Å². The Morgan fingerprint density at radius 1 is 1.31 bits per heavy atom. The highest BCUT2D eigenvalue weighted by Crippen LogP contribution is 2.30. The molecule has 2 aliphatic rings. The second-order valence-electron chi connectivity index (χ2n) is 8.48. The fraction of sp³-hybridized carbons (Fsp3) is 0.800. The zero-order valence-electron chi connectivity index (χ0n) is 16.7. The predicted octanol–water partition coefficient (Wildman–Crippen LogP) is 2.85. The Kier molecular flexibility index (Phi) is 6.57. The van der Waals surface area contributed by atoms with Gasteiger partial charge in [-0.05, 0) is 50.6 Å². The lowest BCUT2D eigenvalue weighted by Crippen LogP contribution is -2.52. The Balaban J connectivity index is 1.56. The minimum Gasteiger partial charge on any atom is -0.338 e. The van der Waals surface area contributed by atoms with E-state index in [9.17, 15) is 4.79 Å². The van der Waals surface area contributed by atoms with Gasteiger partial charge in [0, 0.05) is 37.9 Å². The molecule has 0 aliphatic carbocycles. The van der Waals surface area contributed by atoms with Crippen LogP contribution in [0.5, 0.6) is 0 Å². The van der Waals surface area contributed by atoms with Crippen LogP contribution < -0.4 is 5.32 Å². The molecule has 1 aromatic heterocycles. The van der Waals surface area contributed by atoms with E-state index in [1.54, 1.807) is 4.68 Å². The first-order valence-corrected chi connectivity index (χ1v) is 10.3. The van der Waals surface area contributed by atoms with E-state index in [0.29, 0.717) is 24.4 Å². The number of fused-ring (bicyclic) bond motifs is 1. The molecule has 146 valence electrons. The Morgan fingerprint density at radius 2 is 2.12 bits per heavy atom. The number of aryl methyl sites for hydroxylation is 1. The molecule has 0 saturated carbocycles. The summed E-state index contributed by atoms with van der Waals surface area (Å²) in [6.07, 6.45) is 10.3. The molecule has 6 nitrogen and oxygen atoms in total. The normalized spacial score (nSPS) is 23.7. The first kappa shape index (κ1) is 19.2. The van der Waals surface area contributed by atoms with Gasteiger partial charge in [-0.15, -0.1) is 0 Å². The third-order valence-corrected chi connectivity index (χ3v) is 5.75. The number of carbonyl (C=O) groups is 1. The summed E-state index contributed by atoms with van der Waals surface area (Å²) < 4.78 is 1.79. The summed E-state index contributed by atoms with van der Waals surface area (Å²) in [5, 5.41) is 7.48.